The topological polar surface area (TPSA) is 45.7 Å². The molecule has 5 heteroatoms. The van der Waals surface area contributed by atoms with Crippen molar-refractivity contribution in [1.82, 2.24) is 14.8 Å². The average Bonchev–Trinajstić information content (AvgIpc) is 2.54. The maximum absolute atomic E-state index is 12.3. The molecule has 0 aromatic carbocycles. The first-order valence-corrected chi connectivity index (χ1v) is 7.61. The summed E-state index contributed by atoms with van der Waals surface area (Å²) in [5.74, 6) is 0.211. The van der Waals surface area contributed by atoms with Crippen LogP contribution in [0.1, 0.15) is 18.9 Å². The highest BCUT2D eigenvalue weighted by Crippen LogP contribution is 2.09. The number of ether oxygens (including phenoxy) is 1. The van der Waals surface area contributed by atoms with Gasteiger partial charge in [-0.05, 0) is 31.0 Å². The van der Waals surface area contributed by atoms with E-state index in [1.165, 1.54) is 5.56 Å². The Kier molecular flexibility index (Phi) is 6.14. The molecule has 1 amide bonds. The SMILES string of the molecule is CC(CC(=O)N(C)CCc1ccncc1)N1CCOCC1. The fourth-order valence-electron chi connectivity index (χ4n) is 2.53. The molecule has 1 aliphatic rings. The lowest BCUT2D eigenvalue weighted by atomic mass is 10.1. The highest BCUT2D eigenvalue weighted by atomic mass is 16.5. The zero-order valence-corrected chi connectivity index (χ0v) is 13.0. The molecule has 0 N–H and O–H groups in total. The minimum atomic E-state index is 0.211. The third kappa shape index (κ3) is 5.10. The van der Waals surface area contributed by atoms with Crippen molar-refractivity contribution < 1.29 is 9.53 Å². The van der Waals surface area contributed by atoms with Crippen molar-refractivity contribution in [2.45, 2.75) is 25.8 Å². The summed E-state index contributed by atoms with van der Waals surface area (Å²) in [6.07, 6.45) is 5.03. The lowest BCUT2D eigenvalue weighted by Crippen LogP contribution is -2.44. The second kappa shape index (κ2) is 8.10. The summed E-state index contributed by atoms with van der Waals surface area (Å²) < 4.78 is 5.35. The van der Waals surface area contributed by atoms with Gasteiger partial charge in [0, 0.05) is 51.5 Å². The van der Waals surface area contributed by atoms with Gasteiger partial charge in [0.25, 0.3) is 0 Å². The number of aromatic nitrogens is 1. The van der Waals surface area contributed by atoms with E-state index in [4.69, 9.17) is 4.74 Å². The van der Waals surface area contributed by atoms with E-state index in [9.17, 15) is 4.79 Å². The molecule has 1 unspecified atom stereocenters. The second-order valence-corrected chi connectivity index (χ2v) is 5.62. The summed E-state index contributed by atoms with van der Waals surface area (Å²) in [5, 5.41) is 0. The molecule has 5 nitrogen and oxygen atoms in total. The maximum Gasteiger partial charge on any atom is 0.223 e. The average molecular weight is 291 g/mol. The molecule has 1 aromatic rings. The number of hydrogen-bond acceptors (Lipinski definition) is 4. The van der Waals surface area contributed by atoms with Crippen LogP contribution in [0.15, 0.2) is 24.5 Å². The van der Waals surface area contributed by atoms with E-state index in [2.05, 4.69) is 16.8 Å². The van der Waals surface area contributed by atoms with Crippen LogP contribution >= 0.6 is 0 Å². The van der Waals surface area contributed by atoms with Crippen LogP contribution in [0.5, 0.6) is 0 Å². The standard InChI is InChI=1S/C16H25N3O2/c1-14(19-9-11-21-12-10-19)13-16(20)18(2)8-5-15-3-6-17-7-4-15/h3-4,6-7,14H,5,8-13H2,1-2H3. The number of pyridine rings is 1. The van der Waals surface area contributed by atoms with E-state index in [0.29, 0.717) is 6.42 Å². The van der Waals surface area contributed by atoms with Gasteiger partial charge in [-0.2, -0.15) is 0 Å². The molecule has 0 spiro atoms. The zero-order valence-electron chi connectivity index (χ0n) is 13.0. The Hall–Kier alpha value is -1.46. The van der Waals surface area contributed by atoms with E-state index < -0.39 is 0 Å². The van der Waals surface area contributed by atoms with Crippen molar-refractivity contribution in [1.29, 1.82) is 0 Å². The molecule has 0 radical (unpaired) electrons. The van der Waals surface area contributed by atoms with E-state index in [-0.39, 0.29) is 11.9 Å². The smallest absolute Gasteiger partial charge is 0.223 e. The Morgan fingerprint density at radius 3 is 2.71 bits per heavy atom. The van der Waals surface area contributed by atoms with Crippen LogP contribution in [0, 0.1) is 0 Å². The summed E-state index contributed by atoms with van der Waals surface area (Å²) in [4.78, 5) is 20.4. The monoisotopic (exact) mass is 291 g/mol. The molecule has 1 atom stereocenters. The van der Waals surface area contributed by atoms with Crippen LogP contribution in [0.25, 0.3) is 0 Å². The predicted molar refractivity (Wildman–Crippen MR) is 82.0 cm³/mol. The lowest BCUT2D eigenvalue weighted by Gasteiger charge is -2.32. The Balaban J connectivity index is 1.74. The number of carbonyl (C=O) groups is 1. The van der Waals surface area contributed by atoms with E-state index in [1.807, 2.05) is 24.1 Å². The van der Waals surface area contributed by atoms with Crippen LogP contribution in [0.3, 0.4) is 0 Å². The van der Waals surface area contributed by atoms with Gasteiger partial charge in [-0.3, -0.25) is 14.7 Å². The van der Waals surface area contributed by atoms with Crippen LogP contribution in [0.2, 0.25) is 0 Å². The molecule has 2 heterocycles. The molecular weight excluding hydrogens is 266 g/mol. The summed E-state index contributed by atoms with van der Waals surface area (Å²) in [5.41, 5.74) is 1.21. The molecule has 0 aliphatic carbocycles. The number of likely N-dealkylation sites (N-methyl/N-ethyl adjacent to an activating group) is 1. The van der Waals surface area contributed by atoms with Crippen LogP contribution in [-0.4, -0.2) is 66.6 Å². The Labute approximate surface area is 126 Å². The van der Waals surface area contributed by atoms with Crippen molar-refractivity contribution in [2.24, 2.45) is 0 Å². The fraction of sp³-hybridized carbons (Fsp3) is 0.625. The second-order valence-electron chi connectivity index (χ2n) is 5.62. The van der Waals surface area contributed by atoms with Gasteiger partial charge in [-0.25, -0.2) is 0 Å². The number of nitrogens with zero attached hydrogens (tertiary/aromatic N) is 3. The molecule has 1 aliphatic heterocycles. The van der Waals surface area contributed by atoms with Gasteiger partial charge >= 0.3 is 0 Å². The highest BCUT2D eigenvalue weighted by molar-refractivity contribution is 5.76. The van der Waals surface area contributed by atoms with Gasteiger partial charge in [-0.1, -0.05) is 0 Å². The molecular formula is C16H25N3O2. The molecule has 116 valence electrons. The summed E-state index contributed by atoms with van der Waals surface area (Å²) in [7, 11) is 1.88. The first-order valence-electron chi connectivity index (χ1n) is 7.61. The Morgan fingerprint density at radius 2 is 2.05 bits per heavy atom. The van der Waals surface area contributed by atoms with Crippen LogP contribution in [-0.2, 0) is 16.0 Å². The van der Waals surface area contributed by atoms with Crippen molar-refractivity contribution >= 4 is 5.91 Å². The molecule has 1 saturated heterocycles. The maximum atomic E-state index is 12.3. The number of rotatable bonds is 6. The van der Waals surface area contributed by atoms with Crippen molar-refractivity contribution in [3.05, 3.63) is 30.1 Å². The lowest BCUT2D eigenvalue weighted by molar-refractivity contribution is -0.131. The fourth-order valence-corrected chi connectivity index (χ4v) is 2.53. The van der Waals surface area contributed by atoms with Gasteiger partial charge < -0.3 is 9.64 Å². The van der Waals surface area contributed by atoms with Crippen molar-refractivity contribution in [3.8, 4) is 0 Å². The molecule has 1 aromatic heterocycles. The molecule has 0 bridgehead atoms. The van der Waals surface area contributed by atoms with E-state index in [0.717, 1.165) is 39.3 Å². The van der Waals surface area contributed by atoms with E-state index >= 15 is 0 Å². The Morgan fingerprint density at radius 1 is 1.38 bits per heavy atom. The van der Waals surface area contributed by atoms with Crippen molar-refractivity contribution in [2.75, 3.05) is 39.9 Å². The van der Waals surface area contributed by atoms with Crippen LogP contribution < -0.4 is 0 Å². The predicted octanol–water partition coefficient (Wildman–Crippen LogP) is 1.19. The number of carbonyl (C=O) groups excluding carboxylic acids is 1. The van der Waals surface area contributed by atoms with Crippen LogP contribution in [0.4, 0.5) is 0 Å². The third-order valence-corrected chi connectivity index (χ3v) is 4.05. The van der Waals surface area contributed by atoms with Gasteiger partial charge in [0.15, 0.2) is 0 Å². The Bertz CT molecular complexity index is 432. The molecule has 0 saturated carbocycles. The summed E-state index contributed by atoms with van der Waals surface area (Å²) in [6.45, 7) is 6.27. The summed E-state index contributed by atoms with van der Waals surface area (Å²) >= 11 is 0. The molecule has 21 heavy (non-hydrogen) atoms. The van der Waals surface area contributed by atoms with E-state index in [1.54, 1.807) is 12.4 Å². The van der Waals surface area contributed by atoms with Gasteiger partial charge in [0.05, 0.1) is 13.2 Å². The normalized spacial score (nSPS) is 17.4. The number of morpholine rings is 1. The molecule has 2 rings (SSSR count). The molecule has 1 fully saturated rings. The third-order valence-electron chi connectivity index (χ3n) is 4.05. The number of amides is 1. The quantitative estimate of drug-likeness (QED) is 0.790. The first kappa shape index (κ1) is 15.9. The largest absolute Gasteiger partial charge is 0.379 e. The van der Waals surface area contributed by atoms with Gasteiger partial charge in [0.1, 0.15) is 0 Å². The minimum absolute atomic E-state index is 0.211. The highest BCUT2D eigenvalue weighted by Gasteiger charge is 2.21. The zero-order chi connectivity index (χ0) is 15.1. The summed E-state index contributed by atoms with van der Waals surface area (Å²) in [6, 6.07) is 4.27. The first-order chi connectivity index (χ1) is 10.2. The van der Waals surface area contributed by atoms with Gasteiger partial charge in [-0.15, -0.1) is 0 Å². The van der Waals surface area contributed by atoms with Crippen molar-refractivity contribution in [3.63, 3.8) is 0 Å². The minimum Gasteiger partial charge on any atom is -0.379 e. The van der Waals surface area contributed by atoms with Gasteiger partial charge in [0.2, 0.25) is 5.91 Å². The number of hydrogen-bond donors (Lipinski definition) is 0.